The summed E-state index contributed by atoms with van der Waals surface area (Å²) in [4.78, 5) is 32.8. The van der Waals surface area contributed by atoms with E-state index in [4.69, 9.17) is 14.5 Å². The van der Waals surface area contributed by atoms with Gasteiger partial charge in [-0.3, -0.25) is 4.79 Å². The standard InChI is InChI=1S/C30H30N2O4S/c1-4-15-36-30(34)27-22-14-9-18(2)16-26(22)37-29(27)32-28(33)23-17-25(19-10-12-20(35-3)13-11-19)31-24-8-6-5-7-21(23)24/h5-8,10-13,17-18H,4,9,14-16H2,1-3H3,(H,32,33). The molecule has 0 aliphatic heterocycles. The summed E-state index contributed by atoms with van der Waals surface area (Å²) >= 11 is 1.50. The molecule has 2 aromatic heterocycles. The smallest absolute Gasteiger partial charge is 0.341 e. The zero-order chi connectivity index (χ0) is 25.9. The van der Waals surface area contributed by atoms with Gasteiger partial charge in [0.1, 0.15) is 10.8 Å². The first-order valence-corrected chi connectivity index (χ1v) is 13.5. The van der Waals surface area contributed by atoms with Crippen LogP contribution in [-0.4, -0.2) is 30.6 Å². The number of thiophene rings is 1. The van der Waals surface area contributed by atoms with Crippen molar-refractivity contribution in [3.8, 4) is 17.0 Å². The Morgan fingerprint density at radius 3 is 2.68 bits per heavy atom. The molecule has 0 fully saturated rings. The fourth-order valence-electron chi connectivity index (χ4n) is 4.77. The maximum atomic E-state index is 13.8. The van der Waals surface area contributed by atoms with E-state index >= 15 is 0 Å². The molecule has 1 unspecified atom stereocenters. The highest BCUT2D eigenvalue weighted by Gasteiger charge is 2.29. The van der Waals surface area contributed by atoms with Crippen molar-refractivity contribution in [3.05, 3.63) is 76.2 Å². The Labute approximate surface area is 220 Å². The Morgan fingerprint density at radius 2 is 1.92 bits per heavy atom. The first-order chi connectivity index (χ1) is 18.0. The summed E-state index contributed by atoms with van der Waals surface area (Å²) in [5.74, 6) is 0.665. The van der Waals surface area contributed by atoms with E-state index in [-0.39, 0.29) is 11.9 Å². The fourth-order valence-corrected chi connectivity index (χ4v) is 6.16. The first-order valence-electron chi connectivity index (χ1n) is 12.7. The maximum absolute atomic E-state index is 13.8. The van der Waals surface area contributed by atoms with Crippen LogP contribution >= 0.6 is 11.3 Å². The van der Waals surface area contributed by atoms with E-state index < -0.39 is 0 Å². The third kappa shape index (κ3) is 5.09. The van der Waals surface area contributed by atoms with Gasteiger partial charge in [-0.05, 0) is 73.6 Å². The molecule has 1 aliphatic carbocycles. The van der Waals surface area contributed by atoms with Gasteiger partial charge < -0.3 is 14.8 Å². The summed E-state index contributed by atoms with van der Waals surface area (Å²) in [7, 11) is 1.63. The molecule has 2 heterocycles. The predicted molar refractivity (Wildman–Crippen MR) is 148 cm³/mol. The second-order valence-corrected chi connectivity index (χ2v) is 10.6. The minimum Gasteiger partial charge on any atom is -0.497 e. The van der Waals surface area contributed by atoms with E-state index in [0.717, 1.165) is 58.3 Å². The van der Waals surface area contributed by atoms with Gasteiger partial charge in [-0.2, -0.15) is 0 Å². The topological polar surface area (TPSA) is 77.5 Å². The zero-order valence-electron chi connectivity index (χ0n) is 21.3. The number of amides is 1. The van der Waals surface area contributed by atoms with E-state index in [9.17, 15) is 9.59 Å². The van der Waals surface area contributed by atoms with Crippen molar-refractivity contribution in [3.63, 3.8) is 0 Å². The maximum Gasteiger partial charge on any atom is 0.341 e. The highest BCUT2D eigenvalue weighted by atomic mass is 32.1. The van der Waals surface area contributed by atoms with Crippen molar-refractivity contribution in [2.45, 2.75) is 39.5 Å². The van der Waals surface area contributed by atoms with Crippen LogP contribution in [0, 0.1) is 5.92 Å². The number of methoxy groups -OCH3 is 1. The minimum atomic E-state index is -0.359. The number of ether oxygens (including phenoxy) is 2. The summed E-state index contributed by atoms with van der Waals surface area (Å²) in [5, 5.41) is 4.40. The molecule has 5 rings (SSSR count). The van der Waals surface area contributed by atoms with E-state index in [2.05, 4.69) is 12.2 Å². The van der Waals surface area contributed by atoms with Gasteiger partial charge in [0.2, 0.25) is 0 Å². The number of carbonyl (C=O) groups excluding carboxylic acids is 2. The van der Waals surface area contributed by atoms with Gasteiger partial charge >= 0.3 is 5.97 Å². The molecular formula is C30H30N2O4S. The van der Waals surface area contributed by atoms with E-state index in [1.54, 1.807) is 7.11 Å². The van der Waals surface area contributed by atoms with E-state index in [1.807, 2.05) is 61.5 Å². The quantitative estimate of drug-likeness (QED) is 0.271. The molecule has 0 bridgehead atoms. The average Bonchev–Trinajstić information content (AvgIpc) is 3.27. The van der Waals surface area contributed by atoms with Gasteiger partial charge in [-0.1, -0.05) is 32.0 Å². The van der Waals surface area contributed by atoms with Crippen molar-refractivity contribution in [2.75, 3.05) is 19.0 Å². The summed E-state index contributed by atoms with van der Waals surface area (Å²) in [6.45, 7) is 4.54. The van der Waals surface area contributed by atoms with Crippen LogP contribution < -0.4 is 10.1 Å². The van der Waals surface area contributed by atoms with Gasteiger partial charge in [-0.15, -0.1) is 11.3 Å². The second-order valence-electron chi connectivity index (χ2n) is 9.45. The van der Waals surface area contributed by atoms with Crippen LogP contribution in [0.3, 0.4) is 0 Å². The Hall–Kier alpha value is -3.71. The third-order valence-corrected chi connectivity index (χ3v) is 7.90. The lowest BCUT2D eigenvalue weighted by Gasteiger charge is -2.18. The number of hydrogen-bond acceptors (Lipinski definition) is 6. The van der Waals surface area contributed by atoms with E-state index in [0.29, 0.717) is 34.3 Å². The number of fused-ring (bicyclic) bond motifs is 2. The molecule has 4 aromatic rings. The normalized spacial score (nSPS) is 14.7. The molecule has 1 aliphatic rings. The summed E-state index contributed by atoms with van der Waals surface area (Å²) in [5.41, 5.74) is 4.34. The number of rotatable bonds is 7. The molecule has 6 nitrogen and oxygen atoms in total. The monoisotopic (exact) mass is 514 g/mol. The molecule has 0 saturated heterocycles. The highest BCUT2D eigenvalue weighted by molar-refractivity contribution is 7.17. The molecule has 7 heteroatoms. The SMILES string of the molecule is CCCOC(=O)c1c(NC(=O)c2cc(-c3ccc(OC)cc3)nc3ccccc23)sc2c1CCC(C)C2. The molecule has 2 aromatic carbocycles. The van der Waals surface area contributed by atoms with Crippen LogP contribution in [0.15, 0.2) is 54.6 Å². The number of carbonyl (C=O) groups is 2. The summed E-state index contributed by atoms with van der Waals surface area (Å²) < 4.78 is 10.8. The number of benzene rings is 2. The number of nitrogens with one attached hydrogen (secondary N) is 1. The van der Waals surface area contributed by atoms with Crippen LogP contribution in [0.4, 0.5) is 5.00 Å². The van der Waals surface area contributed by atoms with Gasteiger partial charge in [0.05, 0.1) is 36.1 Å². The highest BCUT2D eigenvalue weighted by Crippen LogP contribution is 2.40. The molecular weight excluding hydrogens is 484 g/mol. The lowest BCUT2D eigenvalue weighted by Crippen LogP contribution is -2.17. The minimum absolute atomic E-state index is 0.274. The lowest BCUT2D eigenvalue weighted by molar-refractivity contribution is 0.0505. The van der Waals surface area contributed by atoms with Crippen molar-refractivity contribution in [1.29, 1.82) is 0 Å². The second kappa shape index (κ2) is 10.7. The number of esters is 1. The van der Waals surface area contributed by atoms with Gasteiger partial charge in [-0.25, -0.2) is 9.78 Å². The van der Waals surface area contributed by atoms with Crippen LogP contribution in [0.2, 0.25) is 0 Å². The molecule has 190 valence electrons. The number of pyridine rings is 1. The third-order valence-electron chi connectivity index (χ3n) is 6.73. The molecule has 1 amide bonds. The lowest BCUT2D eigenvalue weighted by atomic mass is 9.88. The van der Waals surface area contributed by atoms with Gasteiger partial charge in [0.15, 0.2) is 0 Å². The number of hydrogen-bond donors (Lipinski definition) is 1. The zero-order valence-corrected chi connectivity index (χ0v) is 22.1. The number of anilines is 1. The molecule has 1 atom stereocenters. The van der Waals surface area contributed by atoms with Crippen molar-refractivity contribution in [1.82, 2.24) is 4.98 Å². The van der Waals surface area contributed by atoms with Crippen molar-refractivity contribution in [2.24, 2.45) is 5.92 Å². The predicted octanol–water partition coefficient (Wildman–Crippen LogP) is 6.92. The Bertz CT molecular complexity index is 1460. The molecule has 0 saturated carbocycles. The first kappa shape index (κ1) is 25.0. The number of aromatic nitrogens is 1. The summed E-state index contributed by atoms with van der Waals surface area (Å²) in [6, 6.07) is 17.0. The van der Waals surface area contributed by atoms with Gasteiger partial charge in [0, 0.05) is 15.8 Å². The average molecular weight is 515 g/mol. The van der Waals surface area contributed by atoms with Crippen LogP contribution in [0.5, 0.6) is 5.75 Å². The number of nitrogens with zero attached hydrogens (tertiary/aromatic N) is 1. The molecule has 0 radical (unpaired) electrons. The largest absolute Gasteiger partial charge is 0.497 e. The molecule has 37 heavy (non-hydrogen) atoms. The molecule has 1 N–H and O–H groups in total. The van der Waals surface area contributed by atoms with Crippen molar-refractivity contribution >= 4 is 39.1 Å². The van der Waals surface area contributed by atoms with Gasteiger partial charge in [0.25, 0.3) is 5.91 Å². The van der Waals surface area contributed by atoms with Crippen LogP contribution in [0.25, 0.3) is 22.2 Å². The Morgan fingerprint density at radius 1 is 1.14 bits per heavy atom. The Kier molecular flexibility index (Phi) is 7.24. The van der Waals surface area contributed by atoms with E-state index in [1.165, 1.54) is 11.3 Å². The Balaban J connectivity index is 1.55. The van der Waals surface area contributed by atoms with Crippen LogP contribution in [-0.2, 0) is 17.6 Å². The molecule has 0 spiro atoms. The van der Waals surface area contributed by atoms with Crippen LogP contribution in [0.1, 0.15) is 57.8 Å². The van der Waals surface area contributed by atoms with Crippen molar-refractivity contribution < 1.29 is 19.1 Å². The fraction of sp³-hybridized carbons (Fsp3) is 0.300. The number of para-hydroxylation sites is 1. The summed E-state index contributed by atoms with van der Waals surface area (Å²) in [6.07, 6.45) is 3.49.